The van der Waals surface area contributed by atoms with Crippen LogP contribution in [0.5, 0.6) is 0 Å². The lowest BCUT2D eigenvalue weighted by molar-refractivity contribution is -0.114. The summed E-state index contributed by atoms with van der Waals surface area (Å²) in [5.41, 5.74) is 2.42. The molecule has 0 N–H and O–H groups in total. The molecule has 2 nitrogen and oxygen atoms in total. The number of nitrogens with zero attached hydrogens (tertiary/aromatic N) is 1. The van der Waals surface area contributed by atoms with E-state index in [0.29, 0.717) is 17.7 Å². The lowest BCUT2D eigenvalue weighted by Gasteiger charge is -2.31. The molecule has 0 bridgehead atoms. The third-order valence-electron chi connectivity index (χ3n) is 4.62. The van der Waals surface area contributed by atoms with E-state index in [9.17, 15) is 4.79 Å². The van der Waals surface area contributed by atoms with Gasteiger partial charge in [-0.25, -0.2) is 0 Å². The van der Waals surface area contributed by atoms with Crippen LogP contribution in [0, 0.1) is 0 Å². The van der Waals surface area contributed by atoms with Crippen molar-refractivity contribution in [2.75, 3.05) is 20.4 Å². The average Bonchev–Trinajstić information content (AvgIpc) is 2.67. The summed E-state index contributed by atoms with van der Waals surface area (Å²) < 4.78 is 0. The van der Waals surface area contributed by atoms with Crippen LogP contribution >= 0.6 is 11.8 Å². The van der Waals surface area contributed by atoms with Gasteiger partial charge in [0.25, 0.3) is 0 Å². The lowest BCUT2D eigenvalue weighted by atomic mass is 9.99. The Hall–Kier alpha value is -1.84. The second-order valence-corrected chi connectivity index (χ2v) is 7.82. The number of carbonyl (C=O) groups excluding carboxylic acids is 1. The zero-order chi connectivity index (χ0) is 18.8. The molecule has 0 radical (unpaired) electrons. The molecule has 0 heterocycles. The van der Waals surface area contributed by atoms with Crippen molar-refractivity contribution < 1.29 is 4.79 Å². The summed E-state index contributed by atoms with van der Waals surface area (Å²) in [6.45, 7) is 0. The van der Waals surface area contributed by atoms with E-state index < -0.39 is 0 Å². The van der Waals surface area contributed by atoms with Crippen LogP contribution in [0.25, 0.3) is 6.08 Å². The fourth-order valence-electron chi connectivity index (χ4n) is 3.13. The Bertz CT molecular complexity index is 682. The summed E-state index contributed by atoms with van der Waals surface area (Å²) in [4.78, 5) is 14.6. The van der Waals surface area contributed by atoms with Gasteiger partial charge in [-0.1, -0.05) is 66.7 Å². The molecule has 2 rings (SSSR count). The van der Waals surface area contributed by atoms with Crippen LogP contribution in [-0.2, 0) is 11.2 Å². The normalized spacial score (nSPS) is 13.8. The van der Waals surface area contributed by atoms with Crippen molar-refractivity contribution in [3.8, 4) is 0 Å². The van der Waals surface area contributed by atoms with Crippen molar-refractivity contribution in [3.63, 3.8) is 0 Å². The van der Waals surface area contributed by atoms with Crippen molar-refractivity contribution in [1.82, 2.24) is 4.90 Å². The number of allylic oxidation sites excluding steroid dienone is 1. The van der Waals surface area contributed by atoms with Crippen molar-refractivity contribution in [1.29, 1.82) is 0 Å². The second-order valence-electron chi connectivity index (χ2n) is 6.74. The van der Waals surface area contributed by atoms with Gasteiger partial charge < -0.3 is 4.90 Å². The van der Waals surface area contributed by atoms with Gasteiger partial charge in [-0.05, 0) is 50.4 Å². The molecule has 0 spiro atoms. The number of thioether (sulfide) groups is 1. The van der Waals surface area contributed by atoms with Crippen LogP contribution in [0.3, 0.4) is 0 Å². The molecule has 0 amide bonds. The third kappa shape index (κ3) is 6.81. The van der Waals surface area contributed by atoms with Crippen LogP contribution in [0.15, 0.2) is 66.7 Å². The van der Waals surface area contributed by atoms with Gasteiger partial charge in [0, 0.05) is 17.7 Å². The SMILES string of the molecule is CSC(Cc1ccccc1)C(CCC(=O)/C=C/c1ccccc1)N(C)C. The largest absolute Gasteiger partial charge is 0.305 e. The zero-order valence-electron chi connectivity index (χ0n) is 16.0. The summed E-state index contributed by atoms with van der Waals surface area (Å²) in [7, 11) is 4.23. The van der Waals surface area contributed by atoms with Crippen molar-refractivity contribution in [2.24, 2.45) is 0 Å². The van der Waals surface area contributed by atoms with Crippen LogP contribution < -0.4 is 0 Å². The number of rotatable bonds is 10. The minimum absolute atomic E-state index is 0.195. The van der Waals surface area contributed by atoms with E-state index in [-0.39, 0.29) is 5.78 Å². The lowest BCUT2D eigenvalue weighted by Crippen LogP contribution is -2.38. The number of ketones is 1. The molecule has 2 atom stereocenters. The van der Waals surface area contributed by atoms with E-state index in [1.54, 1.807) is 6.08 Å². The molecule has 0 aliphatic carbocycles. The van der Waals surface area contributed by atoms with Gasteiger partial charge in [-0.2, -0.15) is 11.8 Å². The van der Waals surface area contributed by atoms with Gasteiger partial charge in [-0.15, -0.1) is 0 Å². The zero-order valence-corrected chi connectivity index (χ0v) is 16.8. The second kappa shape index (κ2) is 11.0. The van der Waals surface area contributed by atoms with Crippen molar-refractivity contribution in [2.45, 2.75) is 30.6 Å². The molecule has 26 heavy (non-hydrogen) atoms. The first-order valence-corrected chi connectivity index (χ1v) is 10.4. The molecule has 0 saturated carbocycles. The van der Waals surface area contributed by atoms with E-state index in [2.05, 4.69) is 55.6 Å². The van der Waals surface area contributed by atoms with Gasteiger partial charge in [0.05, 0.1) is 0 Å². The van der Waals surface area contributed by atoms with Crippen molar-refractivity contribution in [3.05, 3.63) is 77.9 Å². The first-order chi connectivity index (χ1) is 12.6. The van der Waals surface area contributed by atoms with Gasteiger partial charge in [0.2, 0.25) is 0 Å². The van der Waals surface area contributed by atoms with Gasteiger partial charge in [0.1, 0.15) is 0 Å². The first-order valence-electron chi connectivity index (χ1n) is 9.09. The predicted molar refractivity (Wildman–Crippen MR) is 115 cm³/mol. The Labute approximate surface area is 162 Å². The molecule has 0 saturated heterocycles. The number of hydrogen-bond acceptors (Lipinski definition) is 3. The number of carbonyl (C=O) groups is 1. The Balaban J connectivity index is 1.93. The van der Waals surface area contributed by atoms with Crippen LogP contribution in [0.4, 0.5) is 0 Å². The molecular weight excluding hydrogens is 338 g/mol. The Morgan fingerprint density at radius 3 is 2.23 bits per heavy atom. The number of benzene rings is 2. The summed E-state index contributed by atoms with van der Waals surface area (Å²) in [6.07, 6.45) is 8.28. The fourth-order valence-corrected chi connectivity index (χ4v) is 4.18. The highest BCUT2D eigenvalue weighted by molar-refractivity contribution is 7.99. The molecular formula is C23H29NOS. The maximum absolute atomic E-state index is 12.3. The highest BCUT2D eigenvalue weighted by Crippen LogP contribution is 2.23. The molecule has 2 unspecified atom stereocenters. The van der Waals surface area contributed by atoms with Gasteiger partial charge in [-0.3, -0.25) is 4.79 Å². The van der Waals surface area contributed by atoms with Crippen LogP contribution in [0.1, 0.15) is 24.0 Å². The highest BCUT2D eigenvalue weighted by Gasteiger charge is 2.23. The van der Waals surface area contributed by atoms with E-state index in [4.69, 9.17) is 0 Å². The Kier molecular flexibility index (Phi) is 8.66. The third-order valence-corrected chi connectivity index (χ3v) is 5.71. The molecule has 138 valence electrons. The maximum atomic E-state index is 12.3. The summed E-state index contributed by atoms with van der Waals surface area (Å²) >= 11 is 1.89. The topological polar surface area (TPSA) is 20.3 Å². The monoisotopic (exact) mass is 367 g/mol. The Morgan fingerprint density at radius 2 is 1.65 bits per heavy atom. The van der Waals surface area contributed by atoms with E-state index in [1.807, 2.05) is 48.2 Å². The quantitative estimate of drug-likeness (QED) is 0.554. The molecule has 0 aliphatic heterocycles. The minimum atomic E-state index is 0.195. The fraction of sp³-hybridized carbons (Fsp3) is 0.348. The highest BCUT2D eigenvalue weighted by atomic mass is 32.2. The van der Waals surface area contributed by atoms with Crippen LogP contribution in [-0.4, -0.2) is 42.3 Å². The number of hydrogen-bond donors (Lipinski definition) is 0. The van der Waals surface area contributed by atoms with E-state index in [1.165, 1.54) is 5.56 Å². The maximum Gasteiger partial charge on any atom is 0.155 e. The minimum Gasteiger partial charge on any atom is -0.305 e. The van der Waals surface area contributed by atoms with E-state index in [0.717, 1.165) is 18.4 Å². The average molecular weight is 368 g/mol. The van der Waals surface area contributed by atoms with Crippen LogP contribution in [0.2, 0.25) is 0 Å². The summed E-state index contributed by atoms with van der Waals surface area (Å²) in [5, 5.41) is 0.471. The van der Waals surface area contributed by atoms with Gasteiger partial charge in [0.15, 0.2) is 5.78 Å². The predicted octanol–water partition coefficient (Wildman–Crippen LogP) is 4.95. The smallest absolute Gasteiger partial charge is 0.155 e. The Morgan fingerprint density at radius 1 is 1.04 bits per heavy atom. The standard InChI is InChI=1S/C23H29NOS/c1-24(2)22(23(26-3)18-20-12-8-5-9-13-20)17-16-21(25)15-14-19-10-6-4-7-11-19/h4-15,22-23H,16-18H2,1-3H3/b15-14+. The molecule has 2 aromatic carbocycles. The molecule has 0 aromatic heterocycles. The first kappa shape index (κ1) is 20.5. The van der Waals surface area contributed by atoms with E-state index >= 15 is 0 Å². The molecule has 3 heteroatoms. The molecule has 0 fully saturated rings. The molecule has 2 aromatic rings. The summed E-state index contributed by atoms with van der Waals surface area (Å²) in [6, 6.07) is 21.0. The van der Waals surface area contributed by atoms with Gasteiger partial charge >= 0.3 is 0 Å². The molecule has 0 aliphatic rings. The van der Waals surface area contributed by atoms with Crippen molar-refractivity contribution >= 4 is 23.6 Å². The summed E-state index contributed by atoms with van der Waals surface area (Å²) in [5.74, 6) is 0.195.